The molecule has 0 aromatic heterocycles. The number of nitrogens with zero attached hydrogens (tertiary/aromatic N) is 1. The Kier molecular flexibility index (Phi) is 7.99. The van der Waals surface area contributed by atoms with Crippen molar-refractivity contribution in [2.75, 3.05) is 16.0 Å². The number of nitro groups is 1. The van der Waals surface area contributed by atoms with Gasteiger partial charge in [0.15, 0.2) is 0 Å². The molecular formula is C24H22N4O5S. The molecule has 3 aromatic carbocycles. The molecule has 0 radical (unpaired) electrons. The lowest BCUT2D eigenvalue weighted by Gasteiger charge is -2.13. The molecule has 1 unspecified atom stereocenters. The second kappa shape index (κ2) is 11.1. The van der Waals surface area contributed by atoms with Gasteiger partial charge in [0.05, 0.1) is 10.2 Å². The van der Waals surface area contributed by atoms with Crippen molar-refractivity contribution in [1.82, 2.24) is 0 Å². The Hall–Kier alpha value is -4.18. The molecule has 3 aromatic rings. The number of rotatable bonds is 8. The molecule has 0 bridgehead atoms. The van der Waals surface area contributed by atoms with Crippen molar-refractivity contribution in [1.29, 1.82) is 0 Å². The Bertz CT molecular complexity index is 1230. The predicted octanol–water partition coefficient (Wildman–Crippen LogP) is 4.92. The highest BCUT2D eigenvalue weighted by molar-refractivity contribution is 8.00. The van der Waals surface area contributed by atoms with Gasteiger partial charge in [-0.3, -0.25) is 24.5 Å². The molecule has 9 nitrogen and oxygen atoms in total. The molecule has 0 heterocycles. The van der Waals surface area contributed by atoms with Gasteiger partial charge in [-0.2, -0.15) is 0 Å². The molecule has 0 aliphatic carbocycles. The van der Waals surface area contributed by atoms with Crippen LogP contribution < -0.4 is 16.0 Å². The van der Waals surface area contributed by atoms with Crippen LogP contribution in [0.15, 0.2) is 77.7 Å². The second-order valence-corrected chi connectivity index (χ2v) is 8.71. The van der Waals surface area contributed by atoms with Gasteiger partial charge < -0.3 is 16.0 Å². The van der Waals surface area contributed by atoms with Crippen molar-refractivity contribution in [2.45, 2.75) is 24.0 Å². The number of hydrogen-bond acceptors (Lipinski definition) is 6. The molecule has 0 spiro atoms. The van der Waals surface area contributed by atoms with E-state index in [1.807, 2.05) is 6.07 Å². The quantitative estimate of drug-likeness (QED) is 0.239. The van der Waals surface area contributed by atoms with Gasteiger partial charge in [0.1, 0.15) is 0 Å². The molecule has 1 atom stereocenters. The smallest absolute Gasteiger partial charge is 0.270 e. The summed E-state index contributed by atoms with van der Waals surface area (Å²) in [6, 6.07) is 19.3. The zero-order valence-corrected chi connectivity index (χ0v) is 19.2. The van der Waals surface area contributed by atoms with E-state index < -0.39 is 16.1 Å². The minimum Gasteiger partial charge on any atom is -0.326 e. The molecule has 174 valence electrons. The Morgan fingerprint density at radius 1 is 0.853 bits per heavy atom. The van der Waals surface area contributed by atoms with Gasteiger partial charge in [-0.05, 0) is 55.5 Å². The normalized spacial score (nSPS) is 11.2. The minimum absolute atomic E-state index is 0.165. The van der Waals surface area contributed by atoms with Crippen LogP contribution in [0, 0.1) is 10.1 Å². The number of amides is 3. The highest BCUT2D eigenvalue weighted by atomic mass is 32.2. The van der Waals surface area contributed by atoms with E-state index in [0.717, 1.165) is 4.90 Å². The van der Waals surface area contributed by atoms with Gasteiger partial charge in [-0.15, -0.1) is 11.8 Å². The summed E-state index contributed by atoms with van der Waals surface area (Å²) in [6.45, 7) is 3.18. The topological polar surface area (TPSA) is 130 Å². The maximum atomic E-state index is 12.6. The van der Waals surface area contributed by atoms with E-state index in [9.17, 15) is 24.5 Å². The zero-order valence-electron chi connectivity index (χ0n) is 18.4. The van der Waals surface area contributed by atoms with Gasteiger partial charge in [0, 0.05) is 46.6 Å². The van der Waals surface area contributed by atoms with E-state index in [-0.39, 0.29) is 23.1 Å². The lowest BCUT2D eigenvalue weighted by Crippen LogP contribution is -2.22. The van der Waals surface area contributed by atoms with E-state index in [1.54, 1.807) is 49.4 Å². The van der Waals surface area contributed by atoms with E-state index in [2.05, 4.69) is 16.0 Å². The molecular weight excluding hydrogens is 456 g/mol. The molecule has 0 aliphatic rings. The lowest BCUT2D eigenvalue weighted by atomic mass is 10.2. The summed E-state index contributed by atoms with van der Waals surface area (Å²) < 4.78 is 0. The van der Waals surface area contributed by atoms with E-state index in [0.29, 0.717) is 17.1 Å². The van der Waals surface area contributed by atoms with Crippen LogP contribution in [0.25, 0.3) is 0 Å². The highest BCUT2D eigenvalue weighted by Crippen LogP contribution is 2.27. The fraction of sp³-hybridized carbons (Fsp3) is 0.125. The maximum absolute atomic E-state index is 12.6. The van der Waals surface area contributed by atoms with Crippen LogP contribution in [0.3, 0.4) is 0 Å². The molecule has 0 saturated heterocycles. The van der Waals surface area contributed by atoms with Gasteiger partial charge in [0.2, 0.25) is 11.8 Å². The van der Waals surface area contributed by atoms with Crippen LogP contribution >= 0.6 is 11.8 Å². The number of carbonyl (C=O) groups is 3. The van der Waals surface area contributed by atoms with Crippen molar-refractivity contribution >= 4 is 52.2 Å². The second-order valence-electron chi connectivity index (χ2n) is 7.30. The van der Waals surface area contributed by atoms with Gasteiger partial charge >= 0.3 is 0 Å². The van der Waals surface area contributed by atoms with E-state index in [4.69, 9.17) is 0 Å². The van der Waals surface area contributed by atoms with E-state index >= 15 is 0 Å². The highest BCUT2D eigenvalue weighted by Gasteiger charge is 2.16. The largest absolute Gasteiger partial charge is 0.326 e. The van der Waals surface area contributed by atoms with E-state index in [1.165, 1.54) is 43.0 Å². The predicted molar refractivity (Wildman–Crippen MR) is 132 cm³/mol. The molecule has 10 heteroatoms. The van der Waals surface area contributed by atoms with Crippen LogP contribution in [-0.4, -0.2) is 27.9 Å². The van der Waals surface area contributed by atoms with Crippen molar-refractivity contribution in [3.05, 3.63) is 88.5 Å². The summed E-state index contributed by atoms with van der Waals surface area (Å²) in [4.78, 5) is 47.3. The Labute approximate surface area is 200 Å². The van der Waals surface area contributed by atoms with Crippen molar-refractivity contribution in [2.24, 2.45) is 0 Å². The summed E-state index contributed by atoms with van der Waals surface area (Å²) >= 11 is 1.32. The first-order chi connectivity index (χ1) is 16.2. The standard InChI is InChI=1S/C24H22N4O5S/c1-15(23(30)26-19-11-9-18(10-12-19)25-16(2)29)34-22-8-4-6-20(14-22)27-24(31)17-5-3-7-21(13-17)28(32)33/h3-15H,1-2H3,(H,25,29)(H,26,30)(H,27,31). The van der Waals surface area contributed by atoms with Crippen molar-refractivity contribution in [3.63, 3.8) is 0 Å². The van der Waals surface area contributed by atoms with Crippen LogP contribution in [0.4, 0.5) is 22.7 Å². The van der Waals surface area contributed by atoms with Crippen molar-refractivity contribution < 1.29 is 19.3 Å². The molecule has 3 N–H and O–H groups in total. The number of hydrogen-bond donors (Lipinski definition) is 3. The first kappa shape index (κ1) is 24.5. The fourth-order valence-corrected chi connectivity index (χ4v) is 3.88. The average Bonchev–Trinajstić information content (AvgIpc) is 2.80. The van der Waals surface area contributed by atoms with Gasteiger partial charge in [0.25, 0.3) is 11.6 Å². The number of carbonyl (C=O) groups excluding carboxylic acids is 3. The fourth-order valence-electron chi connectivity index (χ4n) is 2.95. The number of thioether (sulfide) groups is 1. The molecule has 34 heavy (non-hydrogen) atoms. The number of benzene rings is 3. The zero-order chi connectivity index (χ0) is 24.7. The van der Waals surface area contributed by atoms with Crippen LogP contribution in [0.1, 0.15) is 24.2 Å². The monoisotopic (exact) mass is 478 g/mol. The summed E-state index contributed by atoms with van der Waals surface area (Å²) in [7, 11) is 0. The molecule has 0 fully saturated rings. The lowest BCUT2D eigenvalue weighted by molar-refractivity contribution is -0.384. The summed E-state index contributed by atoms with van der Waals surface area (Å²) in [5.74, 6) is -0.854. The maximum Gasteiger partial charge on any atom is 0.270 e. The van der Waals surface area contributed by atoms with Gasteiger partial charge in [-0.25, -0.2) is 0 Å². The Morgan fingerprint density at radius 3 is 2.15 bits per heavy atom. The van der Waals surface area contributed by atoms with Gasteiger partial charge in [-0.1, -0.05) is 12.1 Å². The average molecular weight is 479 g/mol. The Morgan fingerprint density at radius 2 is 1.50 bits per heavy atom. The first-order valence-electron chi connectivity index (χ1n) is 10.2. The summed E-state index contributed by atoms with van der Waals surface area (Å²) in [5.41, 5.74) is 1.75. The minimum atomic E-state index is -0.558. The van der Waals surface area contributed by atoms with Crippen LogP contribution in [-0.2, 0) is 9.59 Å². The number of nitro benzene ring substituents is 1. The third-order valence-corrected chi connectivity index (χ3v) is 5.66. The Balaban J connectivity index is 1.60. The molecule has 3 amide bonds. The third-order valence-electron chi connectivity index (χ3n) is 4.57. The van der Waals surface area contributed by atoms with Crippen LogP contribution in [0.5, 0.6) is 0 Å². The molecule has 3 rings (SSSR count). The van der Waals surface area contributed by atoms with Crippen molar-refractivity contribution in [3.8, 4) is 0 Å². The van der Waals surface area contributed by atoms with Crippen LogP contribution in [0.2, 0.25) is 0 Å². The number of anilines is 3. The SMILES string of the molecule is CC(=O)Nc1ccc(NC(=O)C(C)Sc2cccc(NC(=O)c3cccc([N+](=O)[O-])c3)c2)cc1. The summed E-state index contributed by atoms with van der Waals surface area (Å²) in [6.07, 6.45) is 0. The first-order valence-corrected chi connectivity index (χ1v) is 11.1. The summed E-state index contributed by atoms with van der Waals surface area (Å²) in [5, 5.41) is 18.7. The third kappa shape index (κ3) is 6.91. The molecule has 0 saturated carbocycles. The molecule has 0 aliphatic heterocycles. The number of non-ortho nitro benzene ring substituents is 1. The number of nitrogens with one attached hydrogen (secondary N) is 3.